The second-order valence-electron chi connectivity index (χ2n) is 5.40. The van der Waals surface area contributed by atoms with Gasteiger partial charge >= 0.3 is 0 Å². The van der Waals surface area contributed by atoms with Crippen molar-refractivity contribution >= 4 is 23.5 Å². The van der Waals surface area contributed by atoms with Gasteiger partial charge in [-0.05, 0) is 35.5 Å². The lowest BCUT2D eigenvalue weighted by Gasteiger charge is -2.44. The van der Waals surface area contributed by atoms with Crippen molar-refractivity contribution in [3.63, 3.8) is 0 Å². The Labute approximate surface area is 136 Å². The third-order valence-corrected chi connectivity index (χ3v) is 7.35. The van der Waals surface area contributed by atoms with E-state index in [1.54, 1.807) is 0 Å². The molecule has 0 radical (unpaired) electrons. The first-order valence-corrected chi connectivity index (χ1v) is 9.78. The quantitative estimate of drug-likeness (QED) is 0.722. The van der Waals surface area contributed by atoms with E-state index < -0.39 is 0 Å². The molecule has 2 aromatic rings. The van der Waals surface area contributed by atoms with E-state index in [1.807, 2.05) is 0 Å². The van der Waals surface area contributed by atoms with E-state index in [9.17, 15) is 0 Å². The van der Waals surface area contributed by atoms with Crippen LogP contribution in [0.1, 0.15) is 30.9 Å². The van der Waals surface area contributed by atoms with Crippen molar-refractivity contribution in [3.8, 4) is 0 Å². The Morgan fingerprint density at radius 1 is 1.00 bits per heavy atom. The van der Waals surface area contributed by atoms with Crippen LogP contribution in [0.3, 0.4) is 0 Å². The van der Waals surface area contributed by atoms with Crippen LogP contribution in [0, 0.1) is 0 Å². The van der Waals surface area contributed by atoms with Crippen LogP contribution in [0.2, 0.25) is 0 Å². The highest BCUT2D eigenvalue weighted by atomic mass is 32.2. The zero-order chi connectivity index (χ0) is 14.5. The molecular formula is C19H22S2. The molecule has 0 N–H and O–H groups in total. The summed E-state index contributed by atoms with van der Waals surface area (Å²) in [4.78, 5) is 0. The molecule has 2 heteroatoms. The van der Waals surface area contributed by atoms with Crippen molar-refractivity contribution in [2.45, 2.75) is 29.8 Å². The fourth-order valence-electron chi connectivity index (χ4n) is 3.28. The van der Waals surface area contributed by atoms with E-state index >= 15 is 0 Å². The van der Waals surface area contributed by atoms with Crippen LogP contribution in [0.5, 0.6) is 0 Å². The van der Waals surface area contributed by atoms with Gasteiger partial charge in [0.25, 0.3) is 0 Å². The van der Waals surface area contributed by atoms with E-state index in [0.717, 1.165) is 0 Å². The van der Waals surface area contributed by atoms with Crippen molar-refractivity contribution in [1.82, 2.24) is 0 Å². The molecule has 0 spiro atoms. The average Bonchev–Trinajstić information content (AvgIpc) is 2.57. The molecule has 1 fully saturated rings. The molecule has 1 atom stereocenters. The molecule has 1 heterocycles. The number of benzene rings is 2. The topological polar surface area (TPSA) is 0 Å². The second-order valence-corrected chi connectivity index (χ2v) is 8.22. The molecule has 0 bridgehead atoms. The fraction of sp³-hybridized carbons (Fsp3) is 0.368. The lowest BCUT2D eigenvalue weighted by atomic mass is 9.85. The molecular weight excluding hydrogens is 292 g/mol. The summed E-state index contributed by atoms with van der Waals surface area (Å²) < 4.78 is 0.113. The Bertz CT molecular complexity index is 509. The van der Waals surface area contributed by atoms with Crippen LogP contribution in [0.15, 0.2) is 60.7 Å². The van der Waals surface area contributed by atoms with Crippen molar-refractivity contribution in [3.05, 3.63) is 71.8 Å². The Morgan fingerprint density at radius 3 is 2.10 bits per heavy atom. The van der Waals surface area contributed by atoms with Gasteiger partial charge in [0.05, 0.1) is 4.75 Å². The monoisotopic (exact) mass is 314 g/mol. The zero-order valence-corrected chi connectivity index (χ0v) is 14.1. The smallest absolute Gasteiger partial charge is 0.0775 e. The molecule has 0 nitrogen and oxygen atoms in total. The van der Waals surface area contributed by atoms with Gasteiger partial charge in [0.1, 0.15) is 0 Å². The molecule has 3 rings (SSSR count). The van der Waals surface area contributed by atoms with E-state index in [4.69, 9.17) is 0 Å². The molecule has 0 aromatic heterocycles. The third-order valence-electron chi connectivity index (χ3n) is 4.17. The maximum Gasteiger partial charge on any atom is 0.0775 e. The van der Waals surface area contributed by atoms with Gasteiger partial charge in [0, 0.05) is 5.25 Å². The van der Waals surface area contributed by atoms with E-state index in [2.05, 4.69) is 91.1 Å². The first-order valence-electron chi connectivity index (χ1n) is 7.74. The van der Waals surface area contributed by atoms with Crippen molar-refractivity contribution < 1.29 is 0 Å². The van der Waals surface area contributed by atoms with E-state index in [-0.39, 0.29) is 4.75 Å². The van der Waals surface area contributed by atoms with Crippen LogP contribution >= 0.6 is 23.5 Å². The first kappa shape index (κ1) is 15.1. The van der Waals surface area contributed by atoms with Gasteiger partial charge in [-0.15, -0.1) is 11.8 Å². The third kappa shape index (κ3) is 2.89. The van der Waals surface area contributed by atoms with E-state index in [1.165, 1.54) is 35.5 Å². The van der Waals surface area contributed by atoms with Gasteiger partial charge < -0.3 is 0 Å². The minimum Gasteiger partial charge on any atom is -0.157 e. The van der Waals surface area contributed by atoms with Gasteiger partial charge in [0.2, 0.25) is 0 Å². The number of hydrogen-bond donors (Lipinski definition) is 0. The molecule has 110 valence electrons. The summed E-state index contributed by atoms with van der Waals surface area (Å²) >= 11 is 4.27. The highest BCUT2D eigenvalue weighted by Crippen LogP contribution is 2.54. The molecule has 2 aromatic carbocycles. The lowest BCUT2D eigenvalue weighted by Crippen LogP contribution is -2.39. The maximum absolute atomic E-state index is 2.31. The predicted octanol–water partition coefficient (Wildman–Crippen LogP) is 5.58. The van der Waals surface area contributed by atoms with Crippen LogP contribution in [0.4, 0.5) is 0 Å². The molecule has 1 unspecified atom stereocenters. The number of hydrogen-bond acceptors (Lipinski definition) is 2. The minimum atomic E-state index is 0.113. The average molecular weight is 315 g/mol. The summed E-state index contributed by atoms with van der Waals surface area (Å²) in [6.07, 6.45) is 2.65. The Hall–Kier alpha value is -0.860. The van der Waals surface area contributed by atoms with Crippen molar-refractivity contribution in [1.29, 1.82) is 0 Å². The Balaban J connectivity index is 2.14. The zero-order valence-electron chi connectivity index (χ0n) is 12.5. The first-order chi connectivity index (χ1) is 10.4. The van der Waals surface area contributed by atoms with Crippen LogP contribution in [-0.2, 0) is 4.75 Å². The fourth-order valence-corrected chi connectivity index (χ4v) is 6.47. The second kappa shape index (κ2) is 6.93. The van der Waals surface area contributed by atoms with Crippen LogP contribution < -0.4 is 0 Å². The van der Waals surface area contributed by atoms with Crippen molar-refractivity contribution in [2.24, 2.45) is 0 Å². The molecule has 1 aliphatic rings. The highest BCUT2D eigenvalue weighted by Gasteiger charge is 2.44. The highest BCUT2D eigenvalue weighted by molar-refractivity contribution is 8.04. The standard InChI is InChI=1S/C19H22S2/c1-2-20-18-14-9-15-21-19(18,16-10-5-3-6-11-16)17-12-7-4-8-13-17/h3-8,10-13,18H,2,9,14-15H2,1H3. The number of rotatable bonds is 4. The largest absolute Gasteiger partial charge is 0.157 e. The van der Waals surface area contributed by atoms with Crippen LogP contribution in [-0.4, -0.2) is 16.8 Å². The molecule has 21 heavy (non-hydrogen) atoms. The summed E-state index contributed by atoms with van der Waals surface area (Å²) in [7, 11) is 0. The summed E-state index contributed by atoms with van der Waals surface area (Å²) in [5.41, 5.74) is 2.93. The SMILES string of the molecule is CCSC1CCCSC1(c1ccccc1)c1ccccc1. The van der Waals surface area contributed by atoms with Gasteiger partial charge in [-0.1, -0.05) is 67.6 Å². The van der Waals surface area contributed by atoms with Gasteiger partial charge in [-0.3, -0.25) is 0 Å². The van der Waals surface area contributed by atoms with Crippen molar-refractivity contribution in [2.75, 3.05) is 11.5 Å². The maximum atomic E-state index is 2.31. The van der Waals surface area contributed by atoms with Gasteiger partial charge in [-0.25, -0.2) is 0 Å². The molecule has 1 aliphatic heterocycles. The van der Waals surface area contributed by atoms with Crippen LogP contribution in [0.25, 0.3) is 0 Å². The lowest BCUT2D eigenvalue weighted by molar-refractivity contribution is 0.605. The minimum absolute atomic E-state index is 0.113. The Kier molecular flexibility index (Phi) is 4.97. The number of thioether (sulfide) groups is 2. The summed E-state index contributed by atoms with van der Waals surface area (Å²) in [6.45, 7) is 2.28. The van der Waals surface area contributed by atoms with Gasteiger partial charge in [0.15, 0.2) is 0 Å². The summed E-state index contributed by atoms with van der Waals surface area (Å²) in [5, 5.41) is 0.658. The normalized spacial score (nSPS) is 21.1. The summed E-state index contributed by atoms with van der Waals surface area (Å²) in [6, 6.07) is 22.2. The summed E-state index contributed by atoms with van der Waals surface area (Å²) in [5.74, 6) is 2.44. The van der Waals surface area contributed by atoms with Gasteiger partial charge in [-0.2, -0.15) is 11.8 Å². The van der Waals surface area contributed by atoms with E-state index in [0.29, 0.717) is 5.25 Å². The molecule has 0 amide bonds. The predicted molar refractivity (Wildman–Crippen MR) is 97.3 cm³/mol. The molecule has 0 saturated carbocycles. The molecule has 1 saturated heterocycles. The Morgan fingerprint density at radius 2 is 1.57 bits per heavy atom. The molecule has 0 aliphatic carbocycles.